The molecule has 0 spiro atoms. The molecular formula is C16H9BrClN5OS. The minimum absolute atomic E-state index is 0.204. The summed E-state index contributed by atoms with van der Waals surface area (Å²) in [4.78, 5) is 19.4. The molecule has 9 heteroatoms. The Balaban J connectivity index is 1.67. The Morgan fingerprint density at radius 3 is 2.84 bits per heavy atom. The van der Waals surface area contributed by atoms with E-state index >= 15 is 0 Å². The molecule has 0 amide bonds. The summed E-state index contributed by atoms with van der Waals surface area (Å²) in [5.41, 5.74) is 1.20. The van der Waals surface area contributed by atoms with Crippen molar-refractivity contribution in [2.75, 3.05) is 5.32 Å². The van der Waals surface area contributed by atoms with Gasteiger partial charge in [0.1, 0.15) is 0 Å². The zero-order valence-corrected chi connectivity index (χ0v) is 15.6. The first-order valence-corrected chi connectivity index (χ1v) is 9.14. The standard InChI is InChI=1S/C16H9BrClN5OS/c17-10-6-5-8(7-11(10)18)19-16-23-22-15(25-16)13-20-12-4-2-1-3-9(12)14(24)21-13/h1-7H,(H,19,23)(H,20,21,24). The molecular weight excluding hydrogens is 426 g/mol. The number of hydrogen-bond donors (Lipinski definition) is 2. The fraction of sp³-hybridized carbons (Fsp3) is 0. The van der Waals surface area contributed by atoms with E-state index in [1.165, 1.54) is 11.3 Å². The van der Waals surface area contributed by atoms with Crippen LogP contribution >= 0.6 is 38.9 Å². The maximum atomic E-state index is 12.2. The summed E-state index contributed by atoms with van der Waals surface area (Å²) in [6, 6.07) is 12.6. The fourth-order valence-corrected chi connectivity index (χ4v) is 3.39. The lowest BCUT2D eigenvalue weighted by Gasteiger charge is -2.03. The molecule has 2 aromatic heterocycles. The Kier molecular flexibility index (Phi) is 4.24. The van der Waals surface area contributed by atoms with E-state index in [9.17, 15) is 4.79 Å². The summed E-state index contributed by atoms with van der Waals surface area (Å²) < 4.78 is 0.815. The van der Waals surface area contributed by atoms with Gasteiger partial charge < -0.3 is 10.3 Å². The number of fused-ring (bicyclic) bond motifs is 1. The van der Waals surface area contributed by atoms with Crippen LogP contribution in [0.3, 0.4) is 0 Å². The number of aromatic amines is 1. The molecule has 124 valence electrons. The van der Waals surface area contributed by atoms with Gasteiger partial charge in [0.05, 0.1) is 15.9 Å². The molecule has 25 heavy (non-hydrogen) atoms. The van der Waals surface area contributed by atoms with Crippen molar-refractivity contribution in [3.05, 3.63) is 62.3 Å². The Morgan fingerprint density at radius 2 is 2.00 bits per heavy atom. The van der Waals surface area contributed by atoms with E-state index in [1.54, 1.807) is 24.3 Å². The second-order valence-electron chi connectivity index (χ2n) is 5.10. The van der Waals surface area contributed by atoms with Gasteiger partial charge in [0.15, 0.2) is 10.8 Å². The highest BCUT2D eigenvalue weighted by atomic mass is 79.9. The second kappa shape index (κ2) is 6.55. The van der Waals surface area contributed by atoms with Gasteiger partial charge in [-0.2, -0.15) is 0 Å². The molecule has 2 N–H and O–H groups in total. The predicted molar refractivity (Wildman–Crippen MR) is 104 cm³/mol. The highest BCUT2D eigenvalue weighted by molar-refractivity contribution is 9.10. The minimum atomic E-state index is -0.204. The number of para-hydroxylation sites is 1. The van der Waals surface area contributed by atoms with Gasteiger partial charge in [-0.25, -0.2) is 4.98 Å². The van der Waals surface area contributed by atoms with Crippen molar-refractivity contribution in [3.63, 3.8) is 0 Å². The molecule has 0 radical (unpaired) electrons. The van der Waals surface area contributed by atoms with E-state index < -0.39 is 0 Å². The van der Waals surface area contributed by atoms with Crippen molar-refractivity contribution in [1.82, 2.24) is 20.2 Å². The van der Waals surface area contributed by atoms with Gasteiger partial charge in [-0.15, -0.1) is 10.2 Å². The molecule has 0 bridgehead atoms. The van der Waals surface area contributed by atoms with Gasteiger partial charge in [0.25, 0.3) is 5.56 Å². The van der Waals surface area contributed by atoms with E-state index in [0.717, 1.165) is 10.2 Å². The quantitative estimate of drug-likeness (QED) is 0.492. The van der Waals surface area contributed by atoms with E-state index in [4.69, 9.17) is 11.6 Å². The van der Waals surface area contributed by atoms with Crippen molar-refractivity contribution >= 4 is 60.6 Å². The lowest BCUT2D eigenvalue weighted by atomic mass is 10.2. The van der Waals surface area contributed by atoms with Crippen LogP contribution in [-0.2, 0) is 0 Å². The number of anilines is 2. The topological polar surface area (TPSA) is 83.6 Å². The molecule has 0 aliphatic rings. The van der Waals surface area contributed by atoms with Crippen LogP contribution in [0.5, 0.6) is 0 Å². The predicted octanol–water partition coefficient (Wildman–Crippen LogP) is 4.60. The van der Waals surface area contributed by atoms with Crippen LogP contribution in [0, 0.1) is 0 Å². The Morgan fingerprint density at radius 1 is 1.16 bits per heavy atom. The van der Waals surface area contributed by atoms with Gasteiger partial charge in [0.2, 0.25) is 5.13 Å². The number of rotatable bonds is 3. The summed E-state index contributed by atoms with van der Waals surface area (Å²) in [5.74, 6) is 0.392. The summed E-state index contributed by atoms with van der Waals surface area (Å²) in [7, 11) is 0. The van der Waals surface area contributed by atoms with E-state index in [0.29, 0.717) is 31.9 Å². The Hall–Kier alpha value is -2.29. The van der Waals surface area contributed by atoms with Gasteiger partial charge in [0, 0.05) is 10.2 Å². The fourth-order valence-electron chi connectivity index (χ4n) is 2.25. The van der Waals surface area contributed by atoms with Crippen LogP contribution in [-0.4, -0.2) is 20.2 Å². The smallest absolute Gasteiger partial charge is 0.259 e. The third kappa shape index (κ3) is 3.28. The summed E-state index contributed by atoms with van der Waals surface area (Å²) in [6.45, 7) is 0. The largest absolute Gasteiger partial charge is 0.330 e. The Bertz CT molecular complexity index is 1140. The molecule has 2 aromatic carbocycles. The van der Waals surface area contributed by atoms with Crippen molar-refractivity contribution < 1.29 is 0 Å². The van der Waals surface area contributed by atoms with Gasteiger partial charge in [-0.1, -0.05) is 35.1 Å². The first-order chi connectivity index (χ1) is 12.1. The molecule has 0 aliphatic carbocycles. The number of H-pyrrole nitrogens is 1. The number of halogens is 2. The molecule has 0 atom stereocenters. The lowest BCUT2D eigenvalue weighted by molar-refractivity contribution is 1.07. The third-order valence-electron chi connectivity index (χ3n) is 3.41. The van der Waals surface area contributed by atoms with E-state index in [1.807, 2.05) is 18.2 Å². The summed E-state index contributed by atoms with van der Waals surface area (Å²) in [6.07, 6.45) is 0. The van der Waals surface area contributed by atoms with Crippen molar-refractivity contribution in [2.45, 2.75) is 0 Å². The van der Waals surface area contributed by atoms with Crippen LogP contribution in [0.25, 0.3) is 21.7 Å². The molecule has 0 fully saturated rings. The van der Waals surface area contributed by atoms with Crippen LogP contribution in [0.2, 0.25) is 5.02 Å². The average Bonchev–Trinajstić information content (AvgIpc) is 3.07. The van der Waals surface area contributed by atoms with Crippen molar-refractivity contribution in [2.24, 2.45) is 0 Å². The maximum Gasteiger partial charge on any atom is 0.259 e. The average molecular weight is 435 g/mol. The molecule has 0 aliphatic heterocycles. The highest BCUT2D eigenvalue weighted by Crippen LogP contribution is 2.30. The third-order valence-corrected chi connectivity index (χ3v) is 5.49. The normalized spacial score (nSPS) is 11.0. The monoisotopic (exact) mass is 433 g/mol. The Labute approximate surface area is 159 Å². The van der Waals surface area contributed by atoms with Crippen LogP contribution in [0.1, 0.15) is 0 Å². The van der Waals surface area contributed by atoms with Gasteiger partial charge >= 0.3 is 0 Å². The van der Waals surface area contributed by atoms with Crippen molar-refractivity contribution in [1.29, 1.82) is 0 Å². The SMILES string of the molecule is O=c1[nH]c(-c2nnc(Nc3ccc(Br)c(Cl)c3)s2)nc2ccccc12. The molecule has 4 rings (SSSR count). The maximum absolute atomic E-state index is 12.2. The molecule has 0 saturated carbocycles. The van der Waals surface area contributed by atoms with Crippen molar-refractivity contribution in [3.8, 4) is 10.8 Å². The van der Waals surface area contributed by atoms with Crippen LogP contribution in [0.15, 0.2) is 51.7 Å². The number of nitrogens with one attached hydrogen (secondary N) is 2. The molecule has 0 saturated heterocycles. The lowest BCUT2D eigenvalue weighted by Crippen LogP contribution is -2.09. The number of benzene rings is 2. The highest BCUT2D eigenvalue weighted by Gasteiger charge is 2.11. The van der Waals surface area contributed by atoms with E-state index in [2.05, 4.69) is 41.4 Å². The number of aromatic nitrogens is 4. The van der Waals surface area contributed by atoms with E-state index in [-0.39, 0.29) is 5.56 Å². The van der Waals surface area contributed by atoms with Gasteiger partial charge in [-0.3, -0.25) is 4.79 Å². The van der Waals surface area contributed by atoms with Crippen LogP contribution < -0.4 is 10.9 Å². The molecule has 0 unspecified atom stereocenters. The first kappa shape index (κ1) is 16.2. The first-order valence-electron chi connectivity index (χ1n) is 7.15. The molecule has 2 heterocycles. The molecule has 4 aromatic rings. The number of nitrogens with zero attached hydrogens (tertiary/aromatic N) is 3. The zero-order chi connectivity index (χ0) is 17.4. The zero-order valence-electron chi connectivity index (χ0n) is 12.5. The van der Waals surface area contributed by atoms with Crippen LogP contribution in [0.4, 0.5) is 10.8 Å². The summed E-state index contributed by atoms with van der Waals surface area (Å²) >= 11 is 10.7. The molecule has 6 nitrogen and oxygen atoms in total. The second-order valence-corrected chi connectivity index (χ2v) is 7.34. The summed E-state index contributed by atoms with van der Waals surface area (Å²) in [5, 5.41) is 13.6. The number of hydrogen-bond acceptors (Lipinski definition) is 6. The minimum Gasteiger partial charge on any atom is -0.330 e. The van der Waals surface area contributed by atoms with Gasteiger partial charge in [-0.05, 0) is 46.3 Å².